The van der Waals surface area contributed by atoms with Gasteiger partial charge in [-0.1, -0.05) is 30.1 Å². The van der Waals surface area contributed by atoms with Crippen molar-refractivity contribution in [2.24, 2.45) is 0 Å². The molecule has 0 bridgehead atoms. The van der Waals surface area contributed by atoms with E-state index >= 15 is 0 Å². The number of fused-ring (bicyclic) bond motifs is 1. The Morgan fingerprint density at radius 1 is 1.18 bits per heavy atom. The summed E-state index contributed by atoms with van der Waals surface area (Å²) in [5, 5.41) is 3.73. The van der Waals surface area contributed by atoms with Crippen LogP contribution in [-0.4, -0.2) is 77.5 Å². The number of piperazine rings is 1. The largest absolute Gasteiger partial charge is 0.464 e. The molecule has 2 fully saturated rings. The number of piperidine rings is 1. The number of halogens is 2. The molecule has 10 nitrogen and oxygen atoms in total. The van der Waals surface area contributed by atoms with E-state index in [9.17, 15) is 9.59 Å². The predicted molar refractivity (Wildman–Crippen MR) is 154 cm³/mol. The zero-order valence-corrected chi connectivity index (χ0v) is 23.6. The number of nitrogen functional groups attached to an aromatic ring is 1. The minimum Gasteiger partial charge on any atom is -0.464 e. The van der Waals surface area contributed by atoms with Crippen LogP contribution < -0.4 is 21.4 Å². The highest BCUT2D eigenvalue weighted by Gasteiger charge is 2.34. The molecule has 1 aromatic carbocycles. The lowest BCUT2D eigenvalue weighted by molar-refractivity contribution is 0.0608. The van der Waals surface area contributed by atoms with Crippen molar-refractivity contribution < 1.29 is 9.21 Å². The Balaban J connectivity index is 1.21. The van der Waals surface area contributed by atoms with Gasteiger partial charge in [-0.25, -0.2) is 9.97 Å². The molecule has 2 aromatic heterocycles. The van der Waals surface area contributed by atoms with Gasteiger partial charge in [0.25, 0.3) is 5.91 Å². The fraction of sp³-hybridized carbons (Fsp3) is 0.481. The van der Waals surface area contributed by atoms with Crippen molar-refractivity contribution in [3.05, 3.63) is 56.1 Å². The molecule has 0 unspecified atom stereocenters. The molecule has 2 aliphatic heterocycles. The number of rotatable bonds is 6. The van der Waals surface area contributed by atoms with Gasteiger partial charge in [0.2, 0.25) is 0 Å². The molecule has 0 radical (unpaired) electrons. The van der Waals surface area contributed by atoms with Gasteiger partial charge < -0.3 is 20.4 Å². The molecule has 0 aliphatic carbocycles. The average molecular weight is 575 g/mol. The second-order valence-electron chi connectivity index (χ2n) is 10.1. The first-order valence-electron chi connectivity index (χ1n) is 13.3. The van der Waals surface area contributed by atoms with E-state index in [0.29, 0.717) is 46.0 Å². The summed E-state index contributed by atoms with van der Waals surface area (Å²) in [5.74, 6) is 0.173. The van der Waals surface area contributed by atoms with Gasteiger partial charge in [-0.3, -0.25) is 19.4 Å². The third kappa shape index (κ3) is 5.70. The van der Waals surface area contributed by atoms with Crippen LogP contribution in [0.3, 0.4) is 0 Å². The first-order chi connectivity index (χ1) is 18.8. The molecule has 2 saturated heterocycles. The van der Waals surface area contributed by atoms with Gasteiger partial charge in [0.05, 0.1) is 11.6 Å². The van der Waals surface area contributed by atoms with E-state index in [1.165, 1.54) is 7.05 Å². The van der Waals surface area contributed by atoms with Crippen LogP contribution in [0.5, 0.6) is 0 Å². The van der Waals surface area contributed by atoms with Gasteiger partial charge in [0.15, 0.2) is 27.9 Å². The van der Waals surface area contributed by atoms with E-state index in [1.807, 2.05) is 0 Å². The summed E-state index contributed by atoms with van der Waals surface area (Å²) in [5.41, 5.74) is 7.25. The van der Waals surface area contributed by atoms with Crippen molar-refractivity contribution in [1.82, 2.24) is 25.1 Å². The van der Waals surface area contributed by atoms with Gasteiger partial charge >= 0.3 is 0 Å². The lowest BCUT2D eigenvalue weighted by Gasteiger charge is -2.47. The minimum absolute atomic E-state index is 0.0196. The highest BCUT2D eigenvalue weighted by molar-refractivity contribution is 6.32. The topological polar surface area (TPSA) is 121 Å². The maximum Gasteiger partial charge on any atom is 0.273 e. The summed E-state index contributed by atoms with van der Waals surface area (Å²) in [7, 11) is 1.51. The maximum atomic E-state index is 13.0. The van der Waals surface area contributed by atoms with Crippen molar-refractivity contribution in [2.45, 2.75) is 44.8 Å². The molecule has 5 rings (SSSR count). The predicted octanol–water partition coefficient (Wildman–Crippen LogP) is 3.40. The number of benzene rings is 1. The summed E-state index contributed by atoms with van der Waals surface area (Å²) in [4.78, 5) is 40.7. The van der Waals surface area contributed by atoms with Crippen LogP contribution in [0.15, 0.2) is 33.7 Å². The van der Waals surface area contributed by atoms with Gasteiger partial charge in [-0.2, -0.15) is 0 Å². The molecule has 0 saturated carbocycles. The standard InChI is InChI=1S/C27H33Cl2N7O3/c1-3-18-14-35(26-24(29)32-22(25(30)33-26)27(38)31-2)10-11-36(18)19-6-8-34(9-7-19)13-16-15-39-21-5-4-17(28)12-20(21)23(16)37/h4-5,12,15,18-19H,3,6-11,13-14H2,1-2H3,(H2,30,33)(H,31,38)/t18-/m0/s1. The van der Waals surface area contributed by atoms with Crippen LogP contribution in [0.2, 0.25) is 10.2 Å². The average Bonchev–Trinajstić information content (AvgIpc) is 2.95. The van der Waals surface area contributed by atoms with Crippen molar-refractivity contribution in [2.75, 3.05) is 50.4 Å². The molecule has 3 aromatic rings. The first kappa shape index (κ1) is 27.6. The molecular formula is C27H33Cl2N7O3. The fourth-order valence-corrected chi connectivity index (χ4v) is 6.13. The molecule has 2 aliphatic rings. The second-order valence-corrected chi connectivity index (χ2v) is 10.9. The summed E-state index contributed by atoms with van der Waals surface area (Å²) in [6.07, 6.45) is 4.61. The van der Waals surface area contributed by atoms with Crippen LogP contribution in [0.25, 0.3) is 11.0 Å². The van der Waals surface area contributed by atoms with Crippen LogP contribution in [-0.2, 0) is 6.54 Å². The Morgan fingerprint density at radius 2 is 1.95 bits per heavy atom. The van der Waals surface area contributed by atoms with Crippen LogP contribution in [0.4, 0.5) is 11.6 Å². The quantitative estimate of drug-likeness (QED) is 0.457. The number of nitrogens with zero attached hydrogens (tertiary/aromatic N) is 5. The molecule has 1 atom stereocenters. The molecule has 1 amide bonds. The lowest BCUT2D eigenvalue weighted by Crippen LogP contribution is -2.58. The van der Waals surface area contributed by atoms with Crippen molar-refractivity contribution in [1.29, 1.82) is 0 Å². The number of carbonyl (C=O) groups excluding carboxylic acids is 1. The molecule has 12 heteroatoms. The summed E-state index contributed by atoms with van der Waals surface area (Å²) in [6.45, 7) is 6.93. The van der Waals surface area contributed by atoms with E-state index in [4.69, 9.17) is 33.4 Å². The highest BCUT2D eigenvalue weighted by Crippen LogP contribution is 2.30. The summed E-state index contributed by atoms with van der Waals surface area (Å²) >= 11 is 12.5. The number of nitrogens with two attached hydrogens (primary N) is 1. The molecule has 0 spiro atoms. The van der Waals surface area contributed by atoms with E-state index in [-0.39, 0.29) is 22.1 Å². The Morgan fingerprint density at radius 3 is 2.67 bits per heavy atom. The molecule has 4 heterocycles. The lowest BCUT2D eigenvalue weighted by atomic mass is 9.98. The van der Waals surface area contributed by atoms with E-state index in [0.717, 1.165) is 52.0 Å². The number of nitrogens with one attached hydrogen (secondary N) is 1. The number of carbonyl (C=O) groups is 1. The smallest absolute Gasteiger partial charge is 0.273 e. The Labute approximate surface area is 237 Å². The van der Waals surface area contributed by atoms with Crippen LogP contribution >= 0.6 is 23.2 Å². The van der Waals surface area contributed by atoms with Crippen molar-refractivity contribution in [3.8, 4) is 0 Å². The van der Waals surface area contributed by atoms with E-state index in [2.05, 4.69) is 36.9 Å². The van der Waals surface area contributed by atoms with Crippen molar-refractivity contribution >= 4 is 51.7 Å². The molecule has 208 valence electrons. The Bertz CT molecular complexity index is 1420. The van der Waals surface area contributed by atoms with Gasteiger partial charge in [0.1, 0.15) is 5.58 Å². The van der Waals surface area contributed by atoms with Gasteiger partial charge in [-0.05, 0) is 50.6 Å². The summed E-state index contributed by atoms with van der Waals surface area (Å²) < 4.78 is 5.71. The monoisotopic (exact) mass is 573 g/mol. The van der Waals surface area contributed by atoms with Crippen molar-refractivity contribution in [3.63, 3.8) is 0 Å². The van der Waals surface area contributed by atoms with E-state index < -0.39 is 5.91 Å². The normalized spacial score (nSPS) is 19.5. The molecule has 39 heavy (non-hydrogen) atoms. The highest BCUT2D eigenvalue weighted by atomic mass is 35.5. The van der Waals surface area contributed by atoms with Crippen LogP contribution in [0.1, 0.15) is 42.2 Å². The fourth-order valence-electron chi connectivity index (χ4n) is 5.71. The zero-order valence-electron chi connectivity index (χ0n) is 22.1. The Hall–Kier alpha value is -2.92. The Kier molecular flexibility index (Phi) is 8.27. The number of likely N-dealkylation sites (tertiary alicyclic amines) is 1. The van der Waals surface area contributed by atoms with Crippen LogP contribution in [0, 0.1) is 0 Å². The number of hydrogen-bond donors (Lipinski definition) is 2. The number of hydrogen-bond acceptors (Lipinski definition) is 9. The van der Waals surface area contributed by atoms with Gasteiger partial charge in [-0.15, -0.1) is 0 Å². The second kappa shape index (κ2) is 11.7. The van der Waals surface area contributed by atoms with E-state index in [1.54, 1.807) is 24.5 Å². The molecular weight excluding hydrogens is 541 g/mol. The third-order valence-electron chi connectivity index (χ3n) is 7.83. The zero-order chi connectivity index (χ0) is 27.7. The molecule has 3 N–H and O–H groups in total. The SMILES string of the molecule is CC[C@H]1CN(c2nc(N)c(C(=O)NC)nc2Cl)CCN1C1CCN(Cc2coc3ccc(Cl)cc3c2=O)CC1. The summed E-state index contributed by atoms with van der Waals surface area (Å²) in [6, 6.07) is 5.91. The van der Waals surface area contributed by atoms with Gasteiger partial charge in [0, 0.05) is 55.9 Å². The third-order valence-corrected chi connectivity index (χ3v) is 8.32. The number of aromatic nitrogens is 2. The maximum absolute atomic E-state index is 13.0. The minimum atomic E-state index is -0.415. The number of amides is 1. The first-order valence-corrected chi connectivity index (χ1v) is 14.0. The number of anilines is 2.